The molecule has 0 saturated heterocycles. The summed E-state index contributed by atoms with van der Waals surface area (Å²) in [4.78, 5) is 12.3. The number of Topliss-reactive ketones (excluding diaryl/α,β-unsaturated/α-hetero) is 1. The summed E-state index contributed by atoms with van der Waals surface area (Å²) in [7, 11) is 1.54. The number of rotatable bonds is 6. The first-order chi connectivity index (χ1) is 11.7. The van der Waals surface area contributed by atoms with Crippen molar-refractivity contribution in [2.24, 2.45) is 0 Å². The van der Waals surface area contributed by atoms with Crippen LogP contribution in [0.1, 0.15) is 54.3 Å². The minimum absolute atomic E-state index is 0.0398. The molecule has 3 rings (SSSR count). The lowest BCUT2D eigenvalue weighted by molar-refractivity contribution is 0.102. The van der Waals surface area contributed by atoms with E-state index in [0.29, 0.717) is 33.4 Å². The molecule has 7 heteroatoms. The highest BCUT2D eigenvalue weighted by atomic mass is 35.5. The van der Waals surface area contributed by atoms with Crippen molar-refractivity contribution >= 4 is 29.1 Å². The van der Waals surface area contributed by atoms with Gasteiger partial charge in [-0.05, 0) is 31.0 Å². The predicted molar refractivity (Wildman–Crippen MR) is 93.2 cm³/mol. The predicted octanol–water partition coefficient (Wildman–Crippen LogP) is 4.75. The summed E-state index contributed by atoms with van der Waals surface area (Å²) in [5.41, 5.74) is 0.542. The van der Waals surface area contributed by atoms with Gasteiger partial charge in [0.25, 0.3) is 5.22 Å². The van der Waals surface area contributed by atoms with Crippen LogP contribution in [-0.4, -0.2) is 28.8 Å². The highest BCUT2D eigenvalue weighted by Crippen LogP contribution is 2.33. The maximum absolute atomic E-state index is 12.3. The molecular weight excluding hydrogens is 348 g/mol. The average Bonchev–Trinajstić information content (AvgIpc) is 3.09. The Morgan fingerprint density at radius 3 is 2.83 bits per heavy atom. The molecule has 1 fully saturated rings. The summed E-state index contributed by atoms with van der Waals surface area (Å²) < 4.78 is 10.8. The average molecular weight is 367 g/mol. The van der Waals surface area contributed by atoms with Crippen molar-refractivity contribution < 1.29 is 13.9 Å². The topological polar surface area (TPSA) is 65.2 Å². The number of carbonyl (C=O) groups excluding carboxylic acids is 1. The van der Waals surface area contributed by atoms with E-state index in [2.05, 4.69) is 10.2 Å². The van der Waals surface area contributed by atoms with Gasteiger partial charge < -0.3 is 9.15 Å². The first-order valence-electron chi connectivity index (χ1n) is 8.00. The van der Waals surface area contributed by atoms with Gasteiger partial charge in [-0.1, -0.05) is 42.6 Å². The Balaban J connectivity index is 1.58. The van der Waals surface area contributed by atoms with Crippen LogP contribution >= 0.6 is 23.4 Å². The van der Waals surface area contributed by atoms with Crippen molar-refractivity contribution in [1.29, 1.82) is 0 Å². The Bertz CT molecular complexity index is 714. The molecule has 0 unspecified atom stereocenters. The maximum atomic E-state index is 12.3. The third-order valence-corrected chi connectivity index (χ3v) is 5.29. The Morgan fingerprint density at radius 2 is 2.12 bits per heavy atom. The van der Waals surface area contributed by atoms with E-state index in [9.17, 15) is 4.79 Å². The van der Waals surface area contributed by atoms with Crippen molar-refractivity contribution in [2.75, 3.05) is 12.9 Å². The second kappa shape index (κ2) is 8.03. The fourth-order valence-corrected chi connectivity index (χ4v) is 3.77. The zero-order valence-electron chi connectivity index (χ0n) is 13.5. The number of ketones is 1. The zero-order valence-corrected chi connectivity index (χ0v) is 15.0. The van der Waals surface area contributed by atoms with Gasteiger partial charge in [0.1, 0.15) is 5.75 Å². The van der Waals surface area contributed by atoms with Crippen LogP contribution in [-0.2, 0) is 0 Å². The molecular formula is C17H19ClN2O3S. The number of halogens is 1. The minimum atomic E-state index is -0.0398. The summed E-state index contributed by atoms with van der Waals surface area (Å²) >= 11 is 7.32. The lowest BCUT2D eigenvalue weighted by Crippen LogP contribution is -2.04. The second-order valence-corrected chi connectivity index (χ2v) is 7.14. The van der Waals surface area contributed by atoms with Crippen LogP contribution in [0.25, 0.3) is 0 Å². The molecule has 0 N–H and O–H groups in total. The Kier molecular flexibility index (Phi) is 5.79. The SMILES string of the molecule is COc1ccc(C(=O)CSc2nnc(C3CCCCC3)o2)cc1Cl. The van der Waals surface area contributed by atoms with Crippen LogP contribution in [0.15, 0.2) is 27.8 Å². The Labute approximate surface area is 150 Å². The monoisotopic (exact) mass is 366 g/mol. The summed E-state index contributed by atoms with van der Waals surface area (Å²) in [6.45, 7) is 0. The lowest BCUT2D eigenvalue weighted by Gasteiger charge is -2.17. The van der Waals surface area contributed by atoms with Gasteiger partial charge in [-0.3, -0.25) is 4.79 Å². The number of ether oxygens (including phenoxy) is 1. The van der Waals surface area contributed by atoms with Crippen molar-refractivity contribution in [3.8, 4) is 5.75 Å². The molecule has 1 heterocycles. The Hall–Kier alpha value is -1.53. The van der Waals surface area contributed by atoms with Gasteiger partial charge in [0.05, 0.1) is 17.9 Å². The van der Waals surface area contributed by atoms with Gasteiger partial charge in [-0.25, -0.2) is 0 Å². The van der Waals surface area contributed by atoms with E-state index < -0.39 is 0 Å². The van der Waals surface area contributed by atoms with Gasteiger partial charge in [-0.2, -0.15) is 0 Å². The van der Waals surface area contributed by atoms with E-state index in [-0.39, 0.29) is 11.5 Å². The quantitative estimate of drug-likeness (QED) is 0.542. The fraction of sp³-hybridized carbons (Fsp3) is 0.471. The summed E-state index contributed by atoms with van der Waals surface area (Å²) in [5.74, 6) is 1.82. The highest BCUT2D eigenvalue weighted by molar-refractivity contribution is 7.99. The third-order valence-electron chi connectivity index (χ3n) is 4.18. The van der Waals surface area contributed by atoms with Crippen molar-refractivity contribution in [3.05, 3.63) is 34.7 Å². The van der Waals surface area contributed by atoms with Crippen LogP contribution in [0.4, 0.5) is 0 Å². The number of methoxy groups -OCH3 is 1. The number of nitrogens with zero attached hydrogens (tertiary/aromatic N) is 2. The van der Waals surface area contributed by atoms with Gasteiger partial charge >= 0.3 is 0 Å². The molecule has 5 nitrogen and oxygen atoms in total. The molecule has 1 aliphatic rings. The first kappa shape index (κ1) is 17.3. The van der Waals surface area contributed by atoms with E-state index in [1.807, 2.05) is 0 Å². The molecule has 1 saturated carbocycles. The minimum Gasteiger partial charge on any atom is -0.495 e. The fourth-order valence-electron chi connectivity index (χ4n) is 2.84. The molecule has 2 aromatic rings. The molecule has 0 bridgehead atoms. The van der Waals surface area contributed by atoms with Gasteiger partial charge in [0, 0.05) is 11.5 Å². The summed E-state index contributed by atoms with van der Waals surface area (Å²) in [5, 5.41) is 9.06. The van der Waals surface area contributed by atoms with E-state index >= 15 is 0 Å². The van der Waals surface area contributed by atoms with E-state index in [1.165, 1.54) is 38.1 Å². The van der Waals surface area contributed by atoms with Gasteiger partial charge in [0.2, 0.25) is 5.89 Å². The van der Waals surface area contributed by atoms with E-state index in [0.717, 1.165) is 12.8 Å². The first-order valence-corrected chi connectivity index (χ1v) is 9.36. The molecule has 0 spiro atoms. The van der Waals surface area contributed by atoms with Crippen LogP contribution in [0.5, 0.6) is 5.75 Å². The molecule has 0 amide bonds. The maximum Gasteiger partial charge on any atom is 0.277 e. The Morgan fingerprint density at radius 1 is 1.33 bits per heavy atom. The molecule has 128 valence electrons. The molecule has 1 aliphatic carbocycles. The van der Waals surface area contributed by atoms with Crippen LogP contribution < -0.4 is 4.74 Å². The number of hydrogen-bond acceptors (Lipinski definition) is 6. The molecule has 0 aliphatic heterocycles. The molecule has 0 atom stereocenters. The lowest BCUT2D eigenvalue weighted by atomic mass is 9.89. The third kappa shape index (κ3) is 4.11. The highest BCUT2D eigenvalue weighted by Gasteiger charge is 2.21. The van der Waals surface area contributed by atoms with E-state index in [1.54, 1.807) is 18.2 Å². The smallest absolute Gasteiger partial charge is 0.277 e. The largest absolute Gasteiger partial charge is 0.495 e. The number of hydrogen-bond donors (Lipinski definition) is 0. The van der Waals surface area contributed by atoms with E-state index in [4.69, 9.17) is 20.8 Å². The van der Waals surface area contributed by atoms with Crippen LogP contribution in [0.3, 0.4) is 0 Å². The summed E-state index contributed by atoms with van der Waals surface area (Å²) in [6.07, 6.45) is 5.93. The second-order valence-electron chi connectivity index (χ2n) is 5.80. The molecule has 24 heavy (non-hydrogen) atoms. The number of benzene rings is 1. The molecule has 1 aromatic carbocycles. The molecule has 1 aromatic heterocycles. The standard InChI is InChI=1S/C17H19ClN2O3S/c1-22-15-8-7-12(9-13(15)18)14(21)10-24-17-20-19-16(23-17)11-5-3-2-4-6-11/h7-9,11H,2-6,10H2,1H3. The van der Waals surface area contributed by atoms with Crippen molar-refractivity contribution in [1.82, 2.24) is 10.2 Å². The van der Waals surface area contributed by atoms with Crippen LogP contribution in [0.2, 0.25) is 5.02 Å². The van der Waals surface area contributed by atoms with Crippen molar-refractivity contribution in [2.45, 2.75) is 43.2 Å². The van der Waals surface area contributed by atoms with Gasteiger partial charge in [0.15, 0.2) is 5.78 Å². The number of carbonyl (C=O) groups is 1. The van der Waals surface area contributed by atoms with Gasteiger partial charge in [-0.15, -0.1) is 10.2 Å². The number of thioether (sulfide) groups is 1. The normalized spacial score (nSPS) is 15.4. The molecule has 0 radical (unpaired) electrons. The zero-order chi connectivity index (χ0) is 16.9. The van der Waals surface area contributed by atoms with Crippen LogP contribution in [0, 0.1) is 0 Å². The van der Waals surface area contributed by atoms with Crippen molar-refractivity contribution in [3.63, 3.8) is 0 Å². The number of aromatic nitrogens is 2. The summed E-state index contributed by atoms with van der Waals surface area (Å²) in [6, 6.07) is 5.01.